The Labute approximate surface area is 449 Å². The lowest BCUT2D eigenvalue weighted by Crippen LogP contribution is -2.41. The minimum Gasteiger partial charge on any atom is -0.493 e. The standard InChI is InChI=1S/C60H67N7O10/c1-37-23-47-51(63(3)33-43-27-40-13-7-10-16-49(40)66(43)59(47)73)30-53(37)76-35-38-24-39(26-42(25-38)65(5)58(72)22-20-46(69)32-62-57(71)21-19-45(68)15-9-12-18-56(70)61-2)36-77-55-31-52-48(29-54(55)75-6)60(74)67-44(34-64(52)4)28-41-14-8-11-17-50(41)67/h7-8,10-11,13-14,16-17,23-26,29-31,43-44H,9,12,15,18-22,27-28,32-36H2,1-6H3,(H,61,70)(H,62,71)/t43-,44-/m0/s1. The number of carbonyl (C=O) groups excluding carboxylic acids is 7. The van der Waals surface area contributed by atoms with Crippen molar-refractivity contribution in [1.82, 2.24) is 10.6 Å². The van der Waals surface area contributed by atoms with Gasteiger partial charge in [-0.05, 0) is 103 Å². The Hall–Kier alpha value is -8.21. The van der Waals surface area contributed by atoms with Gasteiger partial charge in [-0.15, -0.1) is 0 Å². The second-order valence-electron chi connectivity index (χ2n) is 20.5. The van der Waals surface area contributed by atoms with E-state index < -0.39 is 5.91 Å². The van der Waals surface area contributed by atoms with Crippen LogP contribution in [0.15, 0.2) is 91.0 Å². The molecule has 17 nitrogen and oxygen atoms in total. The summed E-state index contributed by atoms with van der Waals surface area (Å²) in [6, 6.07) is 29.0. The summed E-state index contributed by atoms with van der Waals surface area (Å²) in [5.74, 6) is -0.0241. The molecule has 2 atom stereocenters. The third-order valence-corrected chi connectivity index (χ3v) is 15.1. The van der Waals surface area contributed by atoms with Crippen molar-refractivity contribution in [2.24, 2.45) is 0 Å². The number of unbranched alkanes of at least 4 members (excludes halogenated alkanes) is 1. The third kappa shape index (κ3) is 11.8. The van der Waals surface area contributed by atoms with Crippen molar-refractivity contribution in [3.8, 4) is 17.2 Å². The zero-order chi connectivity index (χ0) is 54.5. The lowest BCUT2D eigenvalue weighted by Gasteiger charge is -2.25. The van der Waals surface area contributed by atoms with Crippen molar-refractivity contribution in [3.05, 3.63) is 130 Å². The number of fused-ring (bicyclic) bond motifs is 8. The molecule has 17 heteroatoms. The highest BCUT2D eigenvalue weighted by Gasteiger charge is 2.41. The number of nitrogens with zero attached hydrogens (tertiary/aromatic N) is 5. The molecule has 5 aromatic carbocycles. The number of hydrogen-bond donors (Lipinski definition) is 2. The number of ketones is 2. The molecule has 0 fully saturated rings. The van der Waals surface area contributed by atoms with Gasteiger partial charge in [-0.25, -0.2) is 0 Å². The number of anilines is 5. The summed E-state index contributed by atoms with van der Waals surface area (Å²) >= 11 is 0. The summed E-state index contributed by atoms with van der Waals surface area (Å²) < 4.78 is 19.0. The van der Waals surface area contributed by atoms with Gasteiger partial charge in [0.05, 0.1) is 48.2 Å². The molecule has 5 amide bonds. The Kier molecular flexibility index (Phi) is 16.3. The van der Waals surface area contributed by atoms with Gasteiger partial charge in [0.2, 0.25) is 17.7 Å². The Morgan fingerprint density at radius 1 is 0.610 bits per heavy atom. The van der Waals surface area contributed by atoms with Crippen LogP contribution in [0.25, 0.3) is 0 Å². The first-order valence-corrected chi connectivity index (χ1v) is 26.4. The lowest BCUT2D eigenvalue weighted by atomic mass is 10.1. The number of ether oxygens (including phenoxy) is 3. The van der Waals surface area contributed by atoms with E-state index in [1.807, 2.05) is 104 Å². The van der Waals surface area contributed by atoms with Crippen LogP contribution < -0.4 is 49.3 Å². The lowest BCUT2D eigenvalue weighted by molar-refractivity contribution is -0.127. The molecule has 4 aliphatic rings. The van der Waals surface area contributed by atoms with Gasteiger partial charge in [-0.1, -0.05) is 36.4 Å². The number of carbonyl (C=O) groups is 7. The molecule has 2 N–H and O–H groups in total. The first-order chi connectivity index (χ1) is 37.1. The van der Waals surface area contributed by atoms with E-state index in [0.717, 1.165) is 52.2 Å². The number of hydrogen-bond acceptors (Lipinski definition) is 12. The molecular weight excluding hydrogens is 979 g/mol. The van der Waals surface area contributed by atoms with Crippen molar-refractivity contribution >= 4 is 69.5 Å². The molecule has 9 rings (SSSR count). The molecule has 77 heavy (non-hydrogen) atoms. The highest BCUT2D eigenvalue weighted by Crippen LogP contribution is 2.43. The van der Waals surface area contributed by atoms with Crippen molar-refractivity contribution in [2.45, 2.75) is 96.4 Å². The number of methoxy groups -OCH3 is 1. The number of amides is 5. The topological polar surface area (TPSA) is 187 Å². The van der Waals surface area contributed by atoms with Gasteiger partial charge in [0.25, 0.3) is 11.8 Å². The summed E-state index contributed by atoms with van der Waals surface area (Å²) in [7, 11) is 8.70. The van der Waals surface area contributed by atoms with Gasteiger partial charge in [-0.3, -0.25) is 33.6 Å². The van der Waals surface area contributed by atoms with E-state index >= 15 is 0 Å². The fourth-order valence-electron chi connectivity index (χ4n) is 10.9. The summed E-state index contributed by atoms with van der Waals surface area (Å²) in [6.45, 7) is 3.04. The average molecular weight is 1050 g/mol. The zero-order valence-electron chi connectivity index (χ0n) is 44.7. The van der Waals surface area contributed by atoms with Crippen LogP contribution in [0.1, 0.15) is 99.9 Å². The highest BCUT2D eigenvalue weighted by atomic mass is 16.5. The molecule has 0 spiro atoms. The molecule has 0 saturated heterocycles. The smallest absolute Gasteiger partial charge is 0.260 e. The molecule has 402 valence electrons. The van der Waals surface area contributed by atoms with Crippen molar-refractivity contribution < 1.29 is 47.8 Å². The van der Waals surface area contributed by atoms with Crippen molar-refractivity contribution in [3.63, 3.8) is 0 Å². The maximum Gasteiger partial charge on any atom is 0.260 e. The van der Waals surface area contributed by atoms with Crippen molar-refractivity contribution in [2.75, 3.05) is 79.4 Å². The maximum absolute atomic E-state index is 14.3. The molecule has 5 aromatic rings. The fourth-order valence-corrected chi connectivity index (χ4v) is 10.9. The van der Waals surface area contributed by atoms with Gasteiger partial charge in [0.15, 0.2) is 17.3 Å². The zero-order valence-corrected chi connectivity index (χ0v) is 44.7. The molecule has 0 radical (unpaired) electrons. The van der Waals surface area contributed by atoms with E-state index in [2.05, 4.69) is 32.6 Å². The summed E-state index contributed by atoms with van der Waals surface area (Å²) in [4.78, 5) is 101. The number of aryl methyl sites for hydroxylation is 1. The Morgan fingerprint density at radius 2 is 1.16 bits per heavy atom. The largest absolute Gasteiger partial charge is 0.493 e. The van der Waals surface area contributed by atoms with Crippen molar-refractivity contribution in [1.29, 1.82) is 0 Å². The SMILES string of the molecule is CNC(=O)CCCCC(=O)CCC(=O)NCC(=O)CCC(=O)N(C)c1cc(COc2cc3c(cc2C)C(=O)N2c4ccccc4C[C@H]2CN3C)cc(COc2cc3c(cc2OC)C(=O)N2c4ccccc4C[C@H]2CN3C)c1. The van der Waals surface area contributed by atoms with E-state index in [9.17, 15) is 33.6 Å². The Bertz CT molecular complexity index is 3140. The van der Waals surface area contributed by atoms with Crippen LogP contribution in [-0.2, 0) is 50.0 Å². The van der Waals surface area contributed by atoms with Crippen LogP contribution in [0.4, 0.5) is 28.4 Å². The minimum absolute atomic E-state index is 0.00733. The average Bonchev–Trinajstić information content (AvgIpc) is 3.95. The molecule has 0 aromatic heterocycles. The molecule has 4 heterocycles. The highest BCUT2D eigenvalue weighted by molar-refractivity contribution is 6.13. The number of para-hydroxylation sites is 2. The fraction of sp³-hybridized carbons (Fsp3) is 0.383. The van der Waals surface area contributed by atoms with E-state index in [4.69, 9.17) is 14.2 Å². The van der Waals surface area contributed by atoms with E-state index in [1.165, 1.54) is 12.0 Å². The number of rotatable bonds is 21. The molecule has 0 saturated carbocycles. The normalized spacial score (nSPS) is 16.0. The van der Waals surface area contributed by atoms with Crippen LogP contribution in [0.5, 0.6) is 17.2 Å². The first kappa shape index (κ1) is 53.6. The molecular formula is C60H67N7O10. The maximum atomic E-state index is 14.3. The predicted molar refractivity (Wildman–Crippen MR) is 295 cm³/mol. The van der Waals surface area contributed by atoms with Gasteiger partial charge in [-0.2, -0.15) is 0 Å². The van der Waals surface area contributed by atoms with E-state index in [1.54, 1.807) is 20.2 Å². The summed E-state index contributed by atoms with van der Waals surface area (Å²) in [6.07, 6.45) is 3.00. The monoisotopic (exact) mass is 1050 g/mol. The number of benzene rings is 5. The second-order valence-corrected chi connectivity index (χ2v) is 20.5. The number of nitrogens with one attached hydrogen (secondary N) is 2. The molecule has 0 bridgehead atoms. The van der Waals surface area contributed by atoms with Crippen LogP contribution in [0.3, 0.4) is 0 Å². The van der Waals surface area contributed by atoms with Gasteiger partial charge in [0.1, 0.15) is 24.7 Å². The van der Waals surface area contributed by atoms with Gasteiger partial charge < -0.3 is 49.3 Å². The number of Topliss-reactive ketones (excluding diaryl/α,β-unsaturated/α-hetero) is 2. The Balaban J connectivity index is 0.903. The summed E-state index contributed by atoms with van der Waals surface area (Å²) in [5.41, 5.74) is 9.48. The second kappa shape index (κ2) is 23.4. The quantitative estimate of drug-likeness (QED) is 0.0701. The van der Waals surface area contributed by atoms with E-state index in [-0.39, 0.29) is 99.1 Å². The van der Waals surface area contributed by atoms with Crippen LogP contribution in [0, 0.1) is 6.92 Å². The van der Waals surface area contributed by atoms with Crippen LogP contribution >= 0.6 is 0 Å². The van der Waals surface area contributed by atoms with Gasteiger partial charge in [0, 0.05) is 109 Å². The van der Waals surface area contributed by atoms with Crippen LogP contribution in [-0.4, -0.2) is 108 Å². The third-order valence-electron chi connectivity index (χ3n) is 15.1. The van der Waals surface area contributed by atoms with E-state index in [0.29, 0.717) is 77.7 Å². The molecule has 0 aliphatic carbocycles. The van der Waals surface area contributed by atoms with Gasteiger partial charge >= 0.3 is 0 Å². The molecule has 0 unspecified atom stereocenters. The number of likely N-dealkylation sites (N-methyl/N-ethyl adjacent to an activating group) is 2. The minimum atomic E-state index is -0.433. The summed E-state index contributed by atoms with van der Waals surface area (Å²) in [5, 5.41) is 5.12. The Morgan fingerprint density at radius 3 is 1.75 bits per heavy atom. The molecule has 4 aliphatic heterocycles. The first-order valence-electron chi connectivity index (χ1n) is 26.4. The van der Waals surface area contributed by atoms with Crippen LogP contribution in [0.2, 0.25) is 0 Å². The predicted octanol–water partition coefficient (Wildman–Crippen LogP) is 7.29.